The van der Waals surface area contributed by atoms with Gasteiger partial charge in [0.2, 0.25) is 0 Å². The molecule has 2 aromatic carbocycles. The maximum atomic E-state index is 13.2. The molecule has 1 heterocycles. The quantitative estimate of drug-likeness (QED) is 0.711. The van der Waals surface area contributed by atoms with Gasteiger partial charge < -0.3 is 19.5 Å². The van der Waals surface area contributed by atoms with Gasteiger partial charge in [-0.2, -0.15) is 0 Å². The lowest BCUT2D eigenvalue weighted by Crippen LogP contribution is -2.30. The molecule has 0 saturated carbocycles. The predicted molar refractivity (Wildman–Crippen MR) is 101 cm³/mol. The van der Waals surface area contributed by atoms with Gasteiger partial charge in [-0.15, -0.1) is 0 Å². The van der Waals surface area contributed by atoms with Crippen molar-refractivity contribution in [2.24, 2.45) is 0 Å². The summed E-state index contributed by atoms with van der Waals surface area (Å²) < 4.78 is 42.4. The van der Waals surface area contributed by atoms with Crippen LogP contribution in [0.3, 0.4) is 0 Å². The van der Waals surface area contributed by atoms with Crippen LogP contribution in [-0.4, -0.2) is 37.3 Å². The fourth-order valence-corrected chi connectivity index (χ4v) is 2.75. The lowest BCUT2D eigenvalue weighted by molar-refractivity contribution is -0.123. The monoisotopic (exact) mass is 405 g/mol. The minimum absolute atomic E-state index is 0.0598. The second kappa shape index (κ2) is 9.47. The van der Waals surface area contributed by atoms with E-state index >= 15 is 0 Å². The van der Waals surface area contributed by atoms with E-state index in [4.69, 9.17) is 14.2 Å². The molecule has 1 saturated heterocycles. The van der Waals surface area contributed by atoms with E-state index < -0.39 is 29.6 Å². The zero-order valence-electron chi connectivity index (χ0n) is 15.8. The Morgan fingerprint density at radius 1 is 1.17 bits per heavy atom. The maximum absolute atomic E-state index is 13.2. The van der Waals surface area contributed by atoms with Gasteiger partial charge in [0.15, 0.2) is 17.7 Å². The average molecular weight is 405 g/mol. The second-order valence-electron chi connectivity index (χ2n) is 6.64. The van der Waals surface area contributed by atoms with Crippen molar-refractivity contribution in [2.45, 2.75) is 32.0 Å². The summed E-state index contributed by atoms with van der Waals surface area (Å²) in [6.45, 7) is 2.58. The van der Waals surface area contributed by atoms with E-state index in [1.165, 1.54) is 25.1 Å². The molecule has 0 spiro atoms. The van der Waals surface area contributed by atoms with Crippen LogP contribution in [0, 0.1) is 11.6 Å². The SMILES string of the molecule is C[C@@H](OC(=O)c1ccc(OC[C@@H]2CCCO2)cc1)C(=O)Nc1ccc(F)c(F)c1. The molecule has 0 aliphatic carbocycles. The summed E-state index contributed by atoms with van der Waals surface area (Å²) in [5.74, 6) is -2.87. The summed E-state index contributed by atoms with van der Waals surface area (Å²) in [5, 5.41) is 2.36. The van der Waals surface area contributed by atoms with Crippen molar-refractivity contribution in [1.82, 2.24) is 0 Å². The third kappa shape index (κ3) is 5.74. The van der Waals surface area contributed by atoms with Gasteiger partial charge in [0.05, 0.1) is 11.7 Å². The Morgan fingerprint density at radius 2 is 1.93 bits per heavy atom. The highest BCUT2D eigenvalue weighted by Gasteiger charge is 2.20. The van der Waals surface area contributed by atoms with Crippen molar-refractivity contribution in [3.8, 4) is 5.75 Å². The van der Waals surface area contributed by atoms with Crippen molar-refractivity contribution in [1.29, 1.82) is 0 Å². The van der Waals surface area contributed by atoms with E-state index in [1.54, 1.807) is 12.1 Å². The van der Waals surface area contributed by atoms with Gasteiger partial charge in [-0.25, -0.2) is 13.6 Å². The molecule has 1 fully saturated rings. The van der Waals surface area contributed by atoms with Gasteiger partial charge in [-0.3, -0.25) is 4.79 Å². The zero-order valence-corrected chi connectivity index (χ0v) is 15.8. The molecule has 3 rings (SSSR count). The summed E-state index contributed by atoms with van der Waals surface area (Å²) in [4.78, 5) is 24.3. The van der Waals surface area contributed by atoms with Crippen LogP contribution >= 0.6 is 0 Å². The van der Waals surface area contributed by atoms with E-state index in [9.17, 15) is 18.4 Å². The van der Waals surface area contributed by atoms with Crippen molar-refractivity contribution < 1.29 is 32.6 Å². The number of benzene rings is 2. The number of halogens is 2. The van der Waals surface area contributed by atoms with E-state index in [0.717, 1.165) is 31.6 Å². The highest BCUT2D eigenvalue weighted by Crippen LogP contribution is 2.18. The van der Waals surface area contributed by atoms with Crippen molar-refractivity contribution in [3.05, 3.63) is 59.7 Å². The Balaban J connectivity index is 1.50. The Labute approximate surface area is 166 Å². The number of rotatable bonds is 7. The number of carbonyl (C=O) groups excluding carboxylic acids is 2. The molecular formula is C21H21F2NO5. The van der Waals surface area contributed by atoms with Crippen molar-refractivity contribution >= 4 is 17.6 Å². The predicted octanol–water partition coefficient (Wildman–Crippen LogP) is 3.71. The Hall–Kier alpha value is -3.00. The van der Waals surface area contributed by atoms with Crippen LogP contribution < -0.4 is 10.1 Å². The molecule has 2 aromatic rings. The molecule has 29 heavy (non-hydrogen) atoms. The van der Waals surface area contributed by atoms with Crippen LogP contribution in [0.25, 0.3) is 0 Å². The fraction of sp³-hybridized carbons (Fsp3) is 0.333. The van der Waals surface area contributed by atoms with Crippen LogP contribution in [0.2, 0.25) is 0 Å². The van der Waals surface area contributed by atoms with Gasteiger partial charge in [-0.1, -0.05) is 0 Å². The van der Waals surface area contributed by atoms with Gasteiger partial charge in [0, 0.05) is 18.4 Å². The Morgan fingerprint density at radius 3 is 2.59 bits per heavy atom. The minimum Gasteiger partial charge on any atom is -0.491 e. The average Bonchev–Trinajstić information content (AvgIpc) is 3.23. The molecule has 0 radical (unpaired) electrons. The maximum Gasteiger partial charge on any atom is 0.338 e. The molecule has 0 unspecified atom stereocenters. The molecule has 8 heteroatoms. The topological polar surface area (TPSA) is 73.9 Å². The standard InChI is InChI=1S/C21H21F2NO5/c1-13(20(25)24-15-6-9-18(22)19(23)11-15)29-21(26)14-4-7-16(8-5-14)28-12-17-3-2-10-27-17/h4-9,11,13,17H,2-3,10,12H2,1H3,(H,24,25)/t13-,17+/m1/s1. The number of anilines is 1. The number of amides is 1. The number of hydrogen-bond donors (Lipinski definition) is 1. The smallest absolute Gasteiger partial charge is 0.338 e. The van der Waals surface area contributed by atoms with Gasteiger partial charge >= 0.3 is 5.97 Å². The number of esters is 1. The lowest BCUT2D eigenvalue weighted by atomic mass is 10.2. The molecule has 0 aromatic heterocycles. The summed E-state index contributed by atoms with van der Waals surface area (Å²) in [6, 6.07) is 9.29. The van der Waals surface area contributed by atoms with Gasteiger partial charge in [0.25, 0.3) is 5.91 Å². The van der Waals surface area contributed by atoms with E-state index in [1.807, 2.05) is 0 Å². The number of nitrogens with one attached hydrogen (secondary N) is 1. The van der Waals surface area contributed by atoms with Crippen LogP contribution in [0.1, 0.15) is 30.1 Å². The second-order valence-corrected chi connectivity index (χ2v) is 6.64. The van der Waals surface area contributed by atoms with Crippen molar-refractivity contribution in [2.75, 3.05) is 18.5 Å². The summed E-state index contributed by atoms with van der Waals surface area (Å²) in [5.41, 5.74) is 0.312. The number of ether oxygens (including phenoxy) is 3. The first-order valence-corrected chi connectivity index (χ1v) is 9.24. The molecule has 1 amide bonds. The summed E-state index contributed by atoms with van der Waals surface area (Å²) >= 11 is 0. The van der Waals surface area contributed by atoms with Crippen LogP contribution in [0.15, 0.2) is 42.5 Å². The molecule has 154 valence electrons. The van der Waals surface area contributed by atoms with E-state index in [2.05, 4.69) is 5.32 Å². The molecule has 1 N–H and O–H groups in total. The molecule has 6 nitrogen and oxygen atoms in total. The third-order valence-electron chi connectivity index (χ3n) is 4.39. The molecule has 2 atom stereocenters. The minimum atomic E-state index is -1.13. The molecule has 0 bridgehead atoms. The first-order valence-electron chi connectivity index (χ1n) is 9.24. The number of hydrogen-bond acceptors (Lipinski definition) is 5. The van der Waals surface area contributed by atoms with Gasteiger partial charge in [0.1, 0.15) is 12.4 Å². The lowest BCUT2D eigenvalue weighted by Gasteiger charge is -2.14. The number of carbonyl (C=O) groups is 2. The first kappa shape index (κ1) is 20.7. The third-order valence-corrected chi connectivity index (χ3v) is 4.39. The first-order chi connectivity index (χ1) is 13.9. The Bertz CT molecular complexity index is 866. The Kier molecular flexibility index (Phi) is 6.77. The normalized spacial score (nSPS) is 16.9. The summed E-state index contributed by atoms with van der Waals surface area (Å²) in [7, 11) is 0. The van der Waals surface area contributed by atoms with Crippen LogP contribution in [0.4, 0.5) is 14.5 Å². The largest absolute Gasteiger partial charge is 0.491 e. The molecule has 1 aliphatic rings. The van der Waals surface area contributed by atoms with Crippen LogP contribution in [-0.2, 0) is 14.3 Å². The highest BCUT2D eigenvalue weighted by molar-refractivity contribution is 5.97. The van der Waals surface area contributed by atoms with E-state index in [-0.39, 0.29) is 17.4 Å². The van der Waals surface area contributed by atoms with Crippen molar-refractivity contribution in [3.63, 3.8) is 0 Å². The van der Waals surface area contributed by atoms with Crippen LogP contribution in [0.5, 0.6) is 5.75 Å². The highest BCUT2D eigenvalue weighted by atomic mass is 19.2. The molecular weight excluding hydrogens is 384 g/mol. The summed E-state index contributed by atoms with van der Waals surface area (Å²) in [6.07, 6.45) is 0.954. The zero-order chi connectivity index (χ0) is 20.8. The molecule has 1 aliphatic heterocycles. The van der Waals surface area contributed by atoms with Gasteiger partial charge in [-0.05, 0) is 56.2 Å². The fourth-order valence-electron chi connectivity index (χ4n) is 2.75. The van der Waals surface area contributed by atoms with E-state index in [0.29, 0.717) is 12.4 Å².